The molecule has 0 N–H and O–H groups in total. The molecule has 1 aromatic carbocycles. The number of fused-ring (bicyclic) bond motifs is 1. The zero-order valence-electron chi connectivity index (χ0n) is 10.7. The molecule has 0 bridgehead atoms. The molecule has 4 nitrogen and oxygen atoms in total. The van der Waals surface area contributed by atoms with Crippen LogP contribution in [0.2, 0.25) is 0 Å². The monoisotopic (exact) mass is 275 g/mol. The van der Waals surface area contributed by atoms with Crippen LogP contribution >= 0.6 is 11.8 Å². The lowest BCUT2D eigenvalue weighted by Crippen LogP contribution is -2.13. The smallest absolute Gasteiger partial charge is 0.375 e. The van der Waals surface area contributed by atoms with Crippen molar-refractivity contribution in [3.63, 3.8) is 0 Å². The minimum Gasteiger partial charge on any atom is -0.449 e. The van der Waals surface area contributed by atoms with Gasteiger partial charge in [-0.2, -0.15) is 17.0 Å². The van der Waals surface area contributed by atoms with Crippen LogP contribution in [0.4, 0.5) is 0 Å². The minimum atomic E-state index is -0.789. The van der Waals surface area contributed by atoms with E-state index in [1.807, 2.05) is 36.6 Å². The Kier molecular flexibility index (Phi) is 4.13. The summed E-state index contributed by atoms with van der Waals surface area (Å²) in [5, 5.41) is 9.59. The molecule has 0 fully saturated rings. The Hall–Kier alpha value is -1.93. The molecule has 1 aromatic heterocycles. The summed E-state index contributed by atoms with van der Waals surface area (Å²) in [6, 6.07) is 9.33. The number of para-hydroxylation sites is 1. The maximum Gasteiger partial charge on any atom is 0.375 e. The van der Waals surface area contributed by atoms with Crippen molar-refractivity contribution in [3.8, 4) is 6.07 Å². The number of esters is 1. The van der Waals surface area contributed by atoms with Crippen molar-refractivity contribution in [2.24, 2.45) is 0 Å². The molecule has 1 heterocycles. The molecule has 0 aliphatic rings. The van der Waals surface area contributed by atoms with Gasteiger partial charge in [0.2, 0.25) is 5.76 Å². The number of hydrogen-bond acceptors (Lipinski definition) is 5. The van der Waals surface area contributed by atoms with Crippen LogP contribution < -0.4 is 0 Å². The van der Waals surface area contributed by atoms with Gasteiger partial charge in [-0.25, -0.2) is 4.79 Å². The Morgan fingerprint density at radius 3 is 2.95 bits per heavy atom. The van der Waals surface area contributed by atoms with Gasteiger partial charge in [0.25, 0.3) is 0 Å². The van der Waals surface area contributed by atoms with E-state index in [4.69, 9.17) is 14.4 Å². The predicted molar refractivity (Wildman–Crippen MR) is 73.9 cm³/mol. The number of nitrogens with zero attached hydrogens (tertiary/aromatic N) is 1. The second-order valence-corrected chi connectivity index (χ2v) is 4.88. The van der Waals surface area contributed by atoms with Crippen LogP contribution in [0, 0.1) is 11.3 Å². The van der Waals surface area contributed by atoms with Crippen LogP contribution in [0.15, 0.2) is 28.7 Å². The van der Waals surface area contributed by atoms with E-state index >= 15 is 0 Å². The summed E-state index contributed by atoms with van der Waals surface area (Å²) in [6.45, 7) is 1.52. The standard InChI is InChI=1S/C14H13NO3S/c1-9(7-15)17-14(16)13-11(8-19-2)10-5-3-4-6-12(10)18-13/h3-6,9H,8H2,1-2H3. The van der Waals surface area contributed by atoms with Crippen molar-refractivity contribution in [2.45, 2.75) is 18.8 Å². The fourth-order valence-corrected chi connectivity index (χ4v) is 2.37. The van der Waals surface area contributed by atoms with E-state index in [0.29, 0.717) is 11.3 Å². The van der Waals surface area contributed by atoms with Crippen LogP contribution in [0.1, 0.15) is 23.0 Å². The molecule has 0 radical (unpaired) electrons. The molecule has 2 rings (SSSR count). The highest BCUT2D eigenvalue weighted by atomic mass is 32.2. The number of furan rings is 1. The van der Waals surface area contributed by atoms with Gasteiger partial charge in [0.05, 0.1) is 0 Å². The van der Waals surface area contributed by atoms with Crippen LogP contribution in [0.3, 0.4) is 0 Å². The van der Waals surface area contributed by atoms with Gasteiger partial charge in [0.15, 0.2) is 6.10 Å². The molecule has 1 atom stereocenters. The first kappa shape index (κ1) is 13.5. The second-order valence-electron chi connectivity index (χ2n) is 4.02. The normalized spacial score (nSPS) is 12.1. The molecule has 0 saturated heterocycles. The van der Waals surface area contributed by atoms with Gasteiger partial charge in [-0.1, -0.05) is 18.2 Å². The summed E-state index contributed by atoms with van der Waals surface area (Å²) in [7, 11) is 0. The van der Waals surface area contributed by atoms with Gasteiger partial charge >= 0.3 is 5.97 Å². The molecule has 0 aliphatic carbocycles. The molecule has 0 amide bonds. The lowest BCUT2D eigenvalue weighted by Gasteiger charge is -2.05. The Bertz CT molecular complexity index is 642. The Morgan fingerprint density at radius 2 is 2.26 bits per heavy atom. The predicted octanol–water partition coefficient (Wildman–Crippen LogP) is 3.36. The number of hydrogen-bond donors (Lipinski definition) is 0. The van der Waals surface area contributed by atoms with Crippen molar-refractivity contribution in [3.05, 3.63) is 35.6 Å². The number of carbonyl (C=O) groups is 1. The summed E-state index contributed by atoms with van der Waals surface area (Å²) in [6.07, 6.45) is 1.16. The van der Waals surface area contributed by atoms with Crippen molar-refractivity contribution >= 4 is 28.7 Å². The first-order valence-corrected chi connectivity index (χ1v) is 7.16. The topological polar surface area (TPSA) is 63.2 Å². The van der Waals surface area contributed by atoms with Crippen molar-refractivity contribution < 1.29 is 13.9 Å². The molecular weight excluding hydrogens is 262 g/mol. The maximum absolute atomic E-state index is 12.0. The zero-order valence-corrected chi connectivity index (χ0v) is 11.5. The van der Waals surface area contributed by atoms with E-state index in [9.17, 15) is 4.79 Å². The molecule has 0 spiro atoms. The van der Waals surface area contributed by atoms with E-state index in [1.54, 1.807) is 11.8 Å². The van der Waals surface area contributed by atoms with Gasteiger partial charge in [0.1, 0.15) is 11.7 Å². The highest BCUT2D eigenvalue weighted by Gasteiger charge is 2.22. The Morgan fingerprint density at radius 1 is 1.53 bits per heavy atom. The van der Waals surface area contributed by atoms with Crippen LogP contribution in [-0.4, -0.2) is 18.3 Å². The van der Waals surface area contributed by atoms with E-state index in [1.165, 1.54) is 6.92 Å². The van der Waals surface area contributed by atoms with Crippen LogP contribution in [-0.2, 0) is 10.5 Å². The molecule has 5 heteroatoms. The molecular formula is C14H13NO3S. The molecule has 0 aliphatic heterocycles. The molecule has 1 unspecified atom stereocenters. The zero-order chi connectivity index (χ0) is 13.8. The third kappa shape index (κ3) is 2.74. The van der Waals surface area contributed by atoms with Gasteiger partial charge in [-0.3, -0.25) is 0 Å². The summed E-state index contributed by atoms with van der Waals surface area (Å²) >= 11 is 1.60. The quantitative estimate of drug-likeness (QED) is 0.800. The summed E-state index contributed by atoms with van der Waals surface area (Å²) in [5.41, 5.74) is 1.47. The minimum absolute atomic E-state index is 0.192. The molecule has 98 valence electrons. The van der Waals surface area contributed by atoms with Gasteiger partial charge in [-0.05, 0) is 19.2 Å². The number of rotatable bonds is 4. The Balaban J connectivity index is 2.44. The van der Waals surface area contributed by atoms with Crippen LogP contribution in [0.25, 0.3) is 11.0 Å². The average Bonchev–Trinajstić information content (AvgIpc) is 2.78. The maximum atomic E-state index is 12.0. The third-order valence-electron chi connectivity index (χ3n) is 2.64. The van der Waals surface area contributed by atoms with E-state index < -0.39 is 12.1 Å². The largest absolute Gasteiger partial charge is 0.449 e. The first-order valence-electron chi connectivity index (χ1n) is 5.77. The van der Waals surface area contributed by atoms with Crippen molar-refractivity contribution in [2.75, 3.05) is 6.26 Å². The number of nitriles is 1. The fourth-order valence-electron chi connectivity index (χ4n) is 1.79. The fraction of sp³-hybridized carbons (Fsp3) is 0.286. The van der Waals surface area contributed by atoms with Gasteiger partial charge in [-0.15, -0.1) is 0 Å². The first-order chi connectivity index (χ1) is 9.17. The summed E-state index contributed by atoms with van der Waals surface area (Å²) < 4.78 is 10.6. The molecule has 0 saturated carbocycles. The summed E-state index contributed by atoms with van der Waals surface area (Å²) in [4.78, 5) is 12.0. The summed E-state index contributed by atoms with van der Waals surface area (Å²) in [5.74, 6) is 0.259. The number of thioether (sulfide) groups is 1. The van der Waals surface area contributed by atoms with E-state index in [-0.39, 0.29) is 5.76 Å². The SMILES string of the molecule is CSCc1c(C(=O)OC(C)C#N)oc2ccccc12. The van der Waals surface area contributed by atoms with Crippen molar-refractivity contribution in [1.29, 1.82) is 5.26 Å². The van der Waals surface area contributed by atoms with Gasteiger partial charge in [0, 0.05) is 16.7 Å². The lowest BCUT2D eigenvalue weighted by molar-refractivity contribution is 0.0400. The van der Waals surface area contributed by atoms with Gasteiger partial charge < -0.3 is 9.15 Å². The van der Waals surface area contributed by atoms with Crippen molar-refractivity contribution in [1.82, 2.24) is 0 Å². The number of ether oxygens (including phenoxy) is 1. The molecule has 2 aromatic rings. The highest BCUT2D eigenvalue weighted by Crippen LogP contribution is 2.29. The average molecular weight is 275 g/mol. The number of benzene rings is 1. The third-order valence-corrected chi connectivity index (χ3v) is 3.22. The Labute approximate surface area is 115 Å². The molecule has 19 heavy (non-hydrogen) atoms. The lowest BCUT2D eigenvalue weighted by atomic mass is 10.1. The second kappa shape index (κ2) is 5.81. The van der Waals surface area contributed by atoms with E-state index in [2.05, 4.69) is 0 Å². The number of carbonyl (C=O) groups excluding carboxylic acids is 1. The van der Waals surface area contributed by atoms with Crippen LogP contribution in [0.5, 0.6) is 0 Å². The highest BCUT2D eigenvalue weighted by molar-refractivity contribution is 7.97. The van der Waals surface area contributed by atoms with E-state index in [0.717, 1.165) is 10.9 Å².